The summed E-state index contributed by atoms with van der Waals surface area (Å²) < 4.78 is 8.06. The number of hydrogen-bond acceptors (Lipinski definition) is 9. The van der Waals surface area contributed by atoms with Crippen molar-refractivity contribution in [2.75, 3.05) is 13.2 Å². The molecule has 0 bridgehead atoms. The second kappa shape index (κ2) is 18.0. The number of nitrogens with zero attached hydrogens (tertiary/aromatic N) is 4. The highest BCUT2D eigenvalue weighted by Gasteiger charge is 2.21. The first kappa shape index (κ1) is 39.4. The molecule has 14 heteroatoms. The number of amides is 1. The van der Waals surface area contributed by atoms with Crippen LogP contribution in [0, 0.1) is 11.3 Å². The summed E-state index contributed by atoms with van der Waals surface area (Å²) in [6.45, 7) is 1.30. The molecule has 4 aromatic carbocycles. The van der Waals surface area contributed by atoms with Gasteiger partial charge in [-0.1, -0.05) is 65.7 Å². The highest BCUT2D eigenvalue weighted by atomic mass is 35.5. The van der Waals surface area contributed by atoms with Gasteiger partial charge in [-0.05, 0) is 70.6 Å². The summed E-state index contributed by atoms with van der Waals surface area (Å²) in [6, 6.07) is 26.6. The van der Waals surface area contributed by atoms with Crippen molar-refractivity contribution in [2.45, 2.75) is 51.2 Å². The molecule has 0 saturated carbocycles. The van der Waals surface area contributed by atoms with E-state index in [1.807, 2.05) is 41.2 Å². The van der Waals surface area contributed by atoms with Gasteiger partial charge in [-0.3, -0.25) is 24.6 Å². The van der Waals surface area contributed by atoms with Crippen molar-refractivity contribution in [3.05, 3.63) is 135 Å². The van der Waals surface area contributed by atoms with Crippen LogP contribution in [-0.4, -0.2) is 62.1 Å². The van der Waals surface area contributed by atoms with Crippen LogP contribution in [0.1, 0.15) is 40.7 Å². The summed E-state index contributed by atoms with van der Waals surface area (Å²) in [5.74, 6) is -0.631. The highest BCUT2D eigenvalue weighted by Crippen LogP contribution is 2.37. The van der Waals surface area contributed by atoms with E-state index >= 15 is 0 Å². The van der Waals surface area contributed by atoms with Crippen LogP contribution in [0.5, 0.6) is 5.75 Å². The molecule has 57 heavy (non-hydrogen) atoms. The Hall–Kier alpha value is -5.81. The first-order valence-electron chi connectivity index (χ1n) is 18.4. The summed E-state index contributed by atoms with van der Waals surface area (Å²) in [7, 11) is 0. The smallest absolute Gasteiger partial charge is 0.323 e. The van der Waals surface area contributed by atoms with Crippen LogP contribution in [0.4, 0.5) is 0 Å². The normalized spacial score (nSPS) is 14.4. The lowest BCUT2D eigenvalue weighted by Crippen LogP contribution is -2.39. The minimum absolute atomic E-state index is 0.0565. The van der Waals surface area contributed by atoms with Crippen LogP contribution in [0.2, 0.25) is 10.0 Å². The zero-order chi connectivity index (χ0) is 39.9. The monoisotopic (exact) mass is 803 g/mol. The van der Waals surface area contributed by atoms with E-state index in [1.54, 1.807) is 24.4 Å². The third kappa shape index (κ3) is 9.43. The quantitative estimate of drug-likeness (QED) is 0.0730. The van der Waals surface area contributed by atoms with Gasteiger partial charge in [0, 0.05) is 76.6 Å². The van der Waals surface area contributed by atoms with Gasteiger partial charge in [0.2, 0.25) is 5.91 Å². The Balaban J connectivity index is 1.12. The third-order valence-electron chi connectivity index (χ3n) is 9.92. The van der Waals surface area contributed by atoms with E-state index in [2.05, 4.69) is 57.3 Å². The molecule has 1 fully saturated rings. The lowest BCUT2D eigenvalue weighted by molar-refractivity contribution is -0.140. The third-order valence-corrected chi connectivity index (χ3v) is 10.6. The van der Waals surface area contributed by atoms with Gasteiger partial charge in [-0.15, -0.1) is 0 Å². The van der Waals surface area contributed by atoms with E-state index in [1.165, 1.54) is 6.20 Å². The maximum absolute atomic E-state index is 11.6. The minimum atomic E-state index is -1.19. The molecule has 2 aromatic heterocycles. The predicted octanol–water partition coefficient (Wildman–Crippen LogP) is 6.47. The molecule has 7 rings (SSSR count). The number of pyridine rings is 1. The van der Waals surface area contributed by atoms with E-state index in [4.69, 9.17) is 33.0 Å². The second-order valence-electron chi connectivity index (χ2n) is 13.9. The van der Waals surface area contributed by atoms with Crippen molar-refractivity contribution < 1.29 is 24.5 Å². The van der Waals surface area contributed by atoms with Crippen LogP contribution in [-0.2, 0) is 35.8 Å². The number of aliphatic carboxylic acids is 1. The number of aromatic nitrogens is 3. The number of aliphatic hydroxyl groups is 1. The van der Waals surface area contributed by atoms with Crippen LogP contribution in [0.25, 0.3) is 33.2 Å². The molecule has 0 radical (unpaired) electrons. The molecular weight excluding hydrogens is 765 g/mol. The van der Waals surface area contributed by atoms with Crippen LogP contribution >= 0.6 is 23.2 Å². The zero-order valence-corrected chi connectivity index (χ0v) is 32.2. The molecule has 5 N–H and O–H groups in total. The number of halogens is 2. The molecule has 2 atom stereocenters. The zero-order valence-electron chi connectivity index (χ0n) is 30.7. The number of fused-ring (bicyclic) bond motifs is 1. The van der Waals surface area contributed by atoms with Crippen molar-refractivity contribution in [3.8, 4) is 34.1 Å². The maximum atomic E-state index is 11.6. The van der Waals surface area contributed by atoms with Crippen molar-refractivity contribution in [1.29, 1.82) is 5.26 Å². The summed E-state index contributed by atoms with van der Waals surface area (Å²) in [6.07, 6.45) is 6.34. The number of hydrogen-bond donors (Lipinski definition) is 5. The van der Waals surface area contributed by atoms with Crippen LogP contribution in [0.15, 0.2) is 97.5 Å². The van der Waals surface area contributed by atoms with Gasteiger partial charge in [0.25, 0.3) is 0 Å². The molecule has 1 aliphatic rings. The van der Waals surface area contributed by atoms with Gasteiger partial charge in [0.15, 0.2) is 0 Å². The standard InChI is InChI=1S/C43H39Cl2N7O5/c44-37-10-8-30(29-6-4-26(5-7-29)17-48-21-33-9-11-42(54)51-33)13-35(37)34-2-1-3-40-36(34)22-50-52(40)23-32-15-41(57-25-28-12-27(16-46)18-47-19-28)31(14-38(32)45)20-49-39(24-53)43(55)56/h1-8,10,12-15,18-19,22,33,39,48-49,53H,9,11,17,20-21,23-25H2,(H,51,54)(H,55,56)/t33-,39-/m0/s1. The number of carbonyl (C=O) groups is 2. The fourth-order valence-corrected chi connectivity index (χ4v) is 7.32. The SMILES string of the molecule is N#Cc1cncc(COc2cc(Cn3ncc4c(-c5cc(-c6ccc(CNC[C@@H]7CCC(=O)N7)cc6)ccc5Cl)cccc43)c(Cl)cc2CN[C@@H](CO)C(=O)O)c1. The molecular formula is C43H39Cl2N7O5. The largest absolute Gasteiger partial charge is 0.489 e. The molecule has 1 aliphatic heterocycles. The van der Waals surface area contributed by atoms with E-state index in [9.17, 15) is 25.1 Å². The average molecular weight is 805 g/mol. The maximum Gasteiger partial charge on any atom is 0.323 e. The number of nitrogens with one attached hydrogen (secondary N) is 3. The number of benzene rings is 4. The van der Waals surface area contributed by atoms with Crippen molar-refractivity contribution in [3.63, 3.8) is 0 Å². The molecule has 0 unspecified atom stereocenters. The minimum Gasteiger partial charge on any atom is -0.489 e. The van der Waals surface area contributed by atoms with Crippen molar-refractivity contribution >= 4 is 46.0 Å². The summed E-state index contributed by atoms with van der Waals surface area (Å²) in [5.41, 5.74) is 8.23. The van der Waals surface area contributed by atoms with Gasteiger partial charge in [0.1, 0.15) is 24.5 Å². The van der Waals surface area contributed by atoms with Crippen LogP contribution in [0.3, 0.4) is 0 Å². The fourth-order valence-electron chi connectivity index (χ4n) is 6.86. The molecule has 290 valence electrons. The molecule has 0 aliphatic carbocycles. The average Bonchev–Trinajstić information content (AvgIpc) is 3.84. The molecule has 3 heterocycles. The van der Waals surface area contributed by atoms with Gasteiger partial charge < -0.3 is 25.6 Å². The topological polar surface area (TPSA) is 174 Å². The Labute approximate surface area is 339 Å². The van der Waals surface area contributed by atoms with Gasteiger partial charge in [0.05, 0.1) is 30.4 Å². The number of carboxylic acid groups (broad SMARTS) is 1. The van der Waals surface area contributed by atoms with Gasteiger partial charge >= 0.3 is 5.97 Å². The van der Waals surface area contributed by atoms with Crippen molar-refractivity contribution in [1.82, 2.24) is 30.7 Å². The van der Waals surface area contributed by atoms with E-state index in [0.717, 1.165) is 51.7 Å². The number of rotatable bonds is 16. The Bertz CT molecular complexity index is 2470. The molecule has 12 nitrogen and oxygen atoms in total. The lowest BCUT2D eigenvalue weighted by Gasteiger charge is -2.18. The Morgan fingerprint density at radius 2 is 1.79 bits per heavy atom. The summed E-state index contributed by atoms with van der Waals surface area (Å²) in [4.78, 5) is 27.2. The lowest BCUT2D eigenvalue weighted by atomic mass is 9.96. The van der Waals surface area contributed by atoms with Gasteiger partial charge in [-0.25, -0.2) is 0 Å². The molecule has 6 aromatic rings. The Morgan fingerprint density at radius 1 is 0.965 bits per heavy atom. The van der Waals surface area contributed by atoms with Crippen LogP contribution < -0.4 is 20.7 Å². The summed E-state index contributed by atoms with van der Waals surface area (Å²) in [5, 5.41) is 44.3. The molecule has 0 spiro atoms. The second-order valence-corrected chi connectivity index (χ2v) is 14.7. The number of carbonyl (C=O) groups excluding carboxylic acids is 1. The Morgan fingerprint density at radius 3 is 2.54 bits per heavy atom. The molecule has 1 amide bonds. The van der Waals surface area contributed by atoms with Gasteiger partial charge in [-0.2, -0.15) is 10.4 Å². The number of ether oxygens (including phenoxy) is 1. The first-order chi connectivity index (χ1) is 27.7. The first-order valence-corrected chi connectivity index (χ1v) is 19.1. The number of aliphatic hydroxyl groups excluding tert-OH is 1. The Kier molecular flexibility index (Phi) is 12.4. The van der Waals surface area contributed by atoms with E-state index in [0.29, 0.717) is 57.6 Å². The van der Waals surface area contributed by atoms with E-state index in [-0.39, 0.29) is 25.1 Å². The molecule has 1 saturated heterocycles. The predicted molar refractivity (Wildman–Crippen MR) is 218 cm³/mol. The highest BCUT2D eigenvalue weighted by molar-refractivity contribution is 6.34. The van der Waals surface area contributed by atoms with Crippen molar-refractivity contribution in [2.24, 2.45) is 0 Å². The van der Waals surface area contributed by atoms with E-state index < -0.39 is 18.6 Å². The fraction of sp³-hybridized carbons (Fsp3) is 0.233. The number of carboxylic acids is 1. The summed E-state index contributed by atoms with van der Waals surface area (Å²) >= 11 is 13.7. The number of nitriles is 1.